The first-order chi connectivity index (χ1) is 9.27. The molecule has 0 bridgehead atoms. The van der Waals surface area contributed by atoms with Crippen LogP contribution in [0.3, 0.4) is 0 Å². The predicted octanol–water partition coefficient (Wildman–Crippen LogP) is 3.44. The minimum atomic E-state index is -3.67. The van der Waals surface area contributed by atoms with E-state index in [1.54, 1.807) is 12.1 Å². The Morgan fingerprint density at radius 1 is 1.40 bits per heavy atom. The largest absolute Gasteiger partial charge is 0.380 e. The summed E-state index contributed by atoms with van der Waals surface area (Å²) in [6.07, 6.45) is 0. The Morgan fingerprint density at radius 3 is 2.55 bits per heavy atom. The van der Waals surface area contributed by atoms with Crippen LogP contribution in [0, 0.1) is 5.92 Å². The lowest BCUT2D eigenvalue weighted by Gasteiger charge is -2.22. The maximum Gasteiger partial charge on any atom is 0.242 e. The molecule has 1 aromatic rings. The topological polar surface area (TPSA) is 55.4 Å². The maximum absolute atomic E-state index is 12.4. The van der Waals surface area contributed by atoms with Crippen molar-refractivity contribution in [3.05, 3.63) is 27.7 Å². The molecule has 0 amide bonds. The van der Waals surface area contributed by atoms with E-state index in [-0.39, 0.29) is 21.9 Å². The van der Waals surface area contributed by atoms with Crippen molar-refractivity contribution < 1.29 is 13.2 Å². The fourth-order valence-electron chi connectivity index (χ4n) is 1.56. The van der Waals surface area contributed by atoms with E-state index < -0.39 is 10.0 Å². The van der Waals surface area contributed by atoms with Crippen LogP contribution in [-0.2, 0) is 14.8 Å². The van der Waals surface area contributed by atoms with Gasteiger partial charge in [-0.2, -0.15) is 0 Å². The number of ether oxygens (including phenoxy) is 1. The summed E-state index contributed by atoms with van der Waals surface area (Å²) in [5.74, 6) is 0.116. The van der Waals surface area contributed by atoms with Crippen molar-refractivity contribution in [1.82, 2.24) is 4.72 Å². The Morgan fingerprint density at radius 2 is 2.05 bits per heavy atom. The van der Waals surface area contributed by atoms with Crippen molar-refractivity contribution in [3.8, 4) is 0 Å². The second-order valence-corrected chi connectivity index (χ2v) is 7.71. The highest BCUT2D eigenvalue weighted by Gasteiger charge is 2.24. The summed E-state index contributed by atoms with van der Waals surface area (Å²) in [6.45, 7) is 6.63. The number of sulfonamides is 1. The van der Waals surface area contributed by atoms with Crippen LogP contribution in [-0.4, -0.2) is 27.7 Å². The lowest BCUT2D eigenvalue weighted by atomic mass is 10.1. The van der Waals surface area contributed by atoms with E-state index in [1.807, 2.05) is 20.8 Å². The second-order valence-electron chi connectivity index (χ2n) is 4.71. The zero-order valence-corrected chi connectivity index (χ0v) is 14.8. The van der Waals surface area contributed by atoms with E-state index in [0.29, 0.717) is 13.2 Å². The van der Waals surface area contributed by atoms with Crippen LogP contribution in [0.25, 0.3) is 0 Å². The molecule has 1 rings (SSSR count). The zero-order chi connectivity index (χ0) is 15.3. The first-order valence-corrected chi connectivity index (χ1v) is 8.98. The third kappa shape index (κ3) is 5.00. The van der Waals surface area contributed by atoms with Crippen LogP contribution in [0.1, 0.15) is 20.8 Å². The van der Waals surface area contributed by atoms with Crippen molar-refractivity contribution >= 4 is 37.6 Å². The second kappa shape index (κ2) is 7.75. The Bertz CT molecular complexity index is 549. The van der Waals surface area contributed by atoms with Gasteiger partial charge in [0, 0.05) is 17.1 Å². The van der Waals surface area contributed by atoms with E-state index in [9.17, 15) is 8.42 Å². The molecule has 0 aromatic heterocycles. The summed E-state index contributed by atoms with van der Waals surface area (Å²) in [4.78, 5) is 0.0736. The SMILES string of the molecule is CCOCC(NS(=O)(=O)c1ccc(Br)cc1Cl)C(C)C. The molecular formula is C13H19BrClNO3S. The molecule has 0 saturated carbocycles. The molecule has 4 nitrogen and oxygen atoms in total. The fraction of sp³-hybridized carbons (Fsp3) is 0.538. The standard InChI is InChI=1S/C13H19BrClNO3S/c1-4-19-8-12(9(2)3)16-20(17,18)13-6-5-10(14)7-11(13)15/h5-7,9,12,16H,4,8H2,1-3H3. The molecule has 1 N–H and O–H groups in total. The van der Waals surface area contributed by atoms with Gasteiger partial charge in [0.2, 0.25) is 10.0 Å². The van der Waals surface area contributed by atoms with E-state index in [1.165, 1.54) is 6.07 Å². The summed E-state index contributed by atoms with van der Waals surface area (Å²) in [5, 5.41) is 0.186. The molecule has 114 valence electrons. The van der Waals surface area contributed by atoms with Crippen LogP contribution in [0.5, 0.6) is 0 Å². The molecule has 0 saturated heterocycles. The lowest BCUT2D eigenvalue weighted by Crippen LogP contribution is -2.41. The number of hydrogen-bond acceptors (Lipinski definition) is 3. The Hall–Kier alpha value is -0.140. The quantitative estimate of drug-likeness (QED) is 0.783. The van der Waals surface area contributed by atoms with Crippen LogP contribution in [0.2, 0.25) is 5.02 Å². The Balaban J connectivity index is 2.97. The number of benzene rings is 1. The van der Waals surface area contributed by atoms with Crippen molar-refractivity contribution in [3.63, 3.8) is 0 Å². The predicted molar refractivity (Wildman–Crippen MR) is 84.6 cm³/mol. The molecule has 0 radical (unpaired) electrons. The van der Waals surface area contributed by atoms with E-state index in [2.05, 4.69) is 20.7 Å². The third-order valence-electron chi connectivity index (χ3n) is 2.80. The highest BCUT2D eigenvalue weighted by Crippen LogP contribution is 2.25. The van der Waals surface area contributed by atoms with Crippen LogP contribution < -0.4 is 4.72 Å². The molecule has 0 aliphatic carbocycles. The normalized spacial score (nSPS) is 13.7. The molecule has 0 spiro atoms. The summed E-state index contributed by atoms with van der Waals surface area (Å²) in [5.41, 5.74) is 0. The lowest BCUT2D eigenvalue weighted by molar-refractivity contribution is 0.116. The molecule has 1 aromatic carbocycles. The van der Waals surface area contributed by atoms with Gasteiger partial charge in [-0.3, -0.25) is 0 Å². The molecular weight excluding hydrogens is 366 g/mol. The van der Waals surface area contributed by atoms with Gasteiger partial charge in [0.25, 0.3) is 0 Å². The van der Waals surface area contributed by atoms with Crippen LogP contribution >= 0.6 is 27.5 Å². The van der Waals surface area contributed by atoms with Gasteiger partial charge in [-0.1, -0.05) is 41.4 Å². The average Bonchev–Trinajstić information content (AvgIpc) is 2.33. The first-order valence-electron chi connectivity index (χ1n) is 6.33. The number of nitrogens with one attached hydrogen (secondary N) is 1. The molecule has 0 heterocycles. The monoisotopic (exact) mass is 383 g/mol. The van der Waals surface area contributed by atoms with Gasteiger partial charge in [0.05, 0.1) is 11.6 Å². The zero-order valence-electron chi connectivity index (χ0n) is 11.7. The number of rotatable bonds is 7. The maximum atomic E-state index is 12.4. The summed E-state index contributed by atoms with van der Waals surface area (Å²) in [7, 11) is -3.67. The van der Waals surface area contributed by atoms with Crippen molar-refractivity contribution in [1.29, 1.82) is 0 Å². The summed E-state index contributed by atoms with van der Waals surface area (Å²) >= 11 is 9.25. The summed E-state index contributed by atoms with van der Waals surface area (Å²) in [6, 6.07) is 4.39. The van der Waals surface area contributed by atoms with Gasteiger partial charge in [0.15, 0.2) is 0 Å². The van der Waals surface area contributed by atoms with Crippen molar-refractivity contribution in [2.24, 2.45) is 5.92 Å². The molecule has 20 heavy (non-hydrogen) atoms. The van der Waals surface area contributed by atoms with E-state index in [0.717, 1.165) is 4.47 Å². The van der Waals surface area contributed by atoms with Gasteiger partial charge >= 0.3 is 0 Å². The highest BCUT2D eigenvalue weighted by molar-refractivity contribution is 9.10. The number of halogens is 2. The van der Waals surface area contributed by atoms with Crippen LogP contribution in [0.15, 0.2) is 27.6 Å². The summed E-state index contributed by atoms with van der Waals surface area (Å²) < 4.78 is 33.5. The van der Waals surface area contributed by atoms with Gasteiger partial charge in [-0.05, 0) is 31.0 Å². The van der Waals surface area contributed by atoms with E-state index >= 15 is 0 Å². The molecule has 0 fully saturated rings. The highest BCUT2D eigenvalue weighted by atomic mass is 79.9. The fourth-order valence-corrected chi connectivity index (χ4v) is 3.97. The van der Waals surface area contributed by atoms with Crippen LogP contribution in [0.4, 0.5) is 0 Å². The van der Waals surface area contributed by atoms with Gasteiger partial charge in [0.1, 0.15) is 4.90 Å². The average molecular weight is 385 g/mol. The smallest absolute Gasteiger partial charge is 0.242 e. The minimum Gasteiger partial charge on any atom is -0.380 e. The van der Waals surface area contributed by atoms with E-state index in [4.69, 9.17) is 16.3 Å². The van der Waals surface area contributed by atoms with Gasteiger partial charge in [-0.25, -0.2) is 13.1 Å². The van der Waals surface area contributed by atoms with Crippen molar-refractivity contribution in [2.45, 2.75) is 31.7 Å². The molecule has 0 aliphatic rings. The van der Waals surface area contributed by atoms with Crippen molar-refractivity contribution in [2.75, 3.05) is 13.2 Å². The molecule has 0 aliphatic heterocycles. The first kappa shape index (κ1) is 17.9. The molecule has 7 heteroatoms. The third-order valence-corrected chi connectivity index (χ3v) is 5.26. The minimum absolute atomic E-state index is 0.0736. The van der Waals surface area contributed by atoms with Gasteiger partial charge in [-0.15, -0.1) is 0 Å². The number of hydrogen-bond donors (Lipinski definition) is 1. The van der Waals surface area contributed by atoms with Gasteiger partial charge < -0.3 is 4.74 Å². The Labute approximate surface area is 134 Å². The Kier molecular flexibility index (Phi) is 6.94. The molecule has 1 unspecified atom stereocenters. The molecule has 1 atom stereocenters.